The first-order valence-electron chi connectivity index (χ1n) is 8.88. The molecule has 0 atom stereocenters. The molecule has 0 saturated heterocycles. The van der Waals surface area contributed by atoms with Crippen LogP contribution in [0.1, 0.15) is 36.0 Å². The number of benzene rings is 2. The molecule has 1 saturated carbocycles. The Labute approximate surface area is 157 Å². The molecule has 1 amide bonds. The Balaban J connectivity index is 1.67. The lowest BCUT2D eigenvalue weighted by Crippen LogP contribution is -2.38. The molecular weight excluding hydrogens is 368 g/mol. The summed E-state index contributed by atoms with van der Waals surface area (Å²) in [7, 11) is -2.12. The van der Waals surface area contributed by atoms with Crippen molar-refractivity contribution >= 4 is 38.4 Å². The van der Waals surface area contributed by atoms with Crippen molar-refractivity contribution in [3.63, 3.8) is 0 Å². The molecule has 0 radical (unpaired) electrons. The summed E-state index contributed by atoms with van der Waals surface area (Å²) in [6.45, 7) is 0. The zero-order chi connectivity index (χ0) is 19.3. The first-order valence-corrected chi connectivity index (χ1v) is 10.4. The predicted octanol–water partition coefficient (Wildman–Crippen LogP) is 2.35. The molecule has 0 aromatic heterocycles. The van der Waals surface area contributed by atoms with Crippen LogP contribution in [0.2, 0.25) is 0 Å². The zero-order valence-electron chi connectivity index (χ0n) is 14.8. The van der Waals surface area contributed by atoms with E-state index in [0.717, 1.165) is 0 Å². The summed E-state index contributed by atoms with van der Waals surface area (Å²) in [4.78, 5) is 25.1. The number of nitrogens with one attached hydrogen (secondary N) is 1. The van der Waals surface area contributed by atoms with Gasteiger partial charge in [0.2, 0.25) is 10.0 Å². The van der Waals surface area contributed by atoms with Crippen LogP contribution < -0.4 is 9.62 Å². The van der Waals surface area contributed by atoms with Crippen molar-refractivity contribution in [1.29, 1.82) is 0 Å². The monoisotopic (exact) mass is 388 g/mol. The van der Waals surface area contributed by atoms with E-state index in [9.17, 15) is 18.0 Å². The van der Waals surface area contributed by atoms with Crippen molar-refractivity contribution < 1.29 is 23.1 Å². The van der Waals surface area contributed by atoms with Crippen LogP contribution in [-0.2, 0) is 14.8 Å². The van der Waals surface area contributed by atoms with Crippen LogP contribution >= 0.6 is 0 Å². The van der Waals surface area contributed by atoms with Crippen LogP contribution in [0.25, 0.3) is 10.8 Å². The van der Waals surface area contributed by atoms with E-state index in [4.69, 9.17) is 5.11 Å². The number of rotatable bonds is 4. The fourth-order valence-corrected chi connectivity index (χ4v) is 5.59. The van der Waals surface area contributed by atoms with E-state index in [0.29, 0.717) is 47.7 Å². The Morgan fingerprint density at radius 2 is 1.85 bits per heavy atom. The normalized spacial score (nSPS) is 22.4. The Hall–Kier alpha value is -2.45. The molecule has 142 valence electrons. The lowest BCUT2D eigenvalue weighted by atomic mass is 9.87. The first kappa shape index (κ1) is 17.9. The van der Waals surface area contributed by atoms with Crippen molar-refractivity contribution in [2.75, 3.05) is 11.9 Å². The maximum absolute atomic E-state index is 13.0. The number of hydrogen-bond donors (Lipinski definition) is 2. The number of amides is 1. The molecule has 2 aromatic rings. The van der Waals surface area contributed by atoms with Gasteiger partial charge in [-0.25, -0.2) is 13.1 Å². The average molecular weight is 388 g/mol. The van der Waals surface area contributed by atoms with E-state index in [1.807, 2.05) is 0 Å². The highest BCUT2D eigenvalue weighted by atomic mass is 32.2. The van der Waals surface area contributed by atoms with Gasteiger partial charge in [0.25, 0.3) is 5.91 Å². The standard InChI is InChI=1S/C19H20N2O5S/c1-21-15-9-10-16(13-3-2-4-14(17(13)15)18(21)22)27(25,26)20-12-7-5-11(6-8-12)19(23)24/h2-4,9-12,20H,5-8H2,1H3,(H,23,24). The number of nitrogens with zero attached hydrogens (tertiary/aromatic N) is 1. The Kier molecular flexibility index (Phi) is 4.20. The van der Waals surface area contributed by atoms with Crippen LogP contribution in [0.4, 0.5) is 5.69 Å². The summed E-state index contributed by atoms with van der Waals surface area (Å²) in [6.07, 6.45) is 1.93. The summed E-state index contributed by atoms with van der Waals surface area (Å²) < 4.78 is 28.7. The summed E-state index contributed by atoms with van der Waals surface area (Å²) in [5.41, 5.74) is 1.20. The number of carboxylic acid groups (broad SMARTS) is 1. The van der Waals surface area contributed by atoms with Crippen LogP contribution in [0.15, 0.2) is 35.2 Å². The van der Waals surface area contributed by atoms with Gasteiger partial charge in [0.1, 0.15) is 0 Å². The summed E-state index contributed by atoms with van der Waals surface area (Å²) in [5.74, 6) is -1.37. The van der Waals surface area contributed by atoms with E-state index >= 15 is 0 Å². The van der Waals surface area contributed by atoms with Crippen molar-refractivity contribution in [2.45, 2.75) is 36.6 Å². The SMILES string of the molecule is CN1C(=O)c2cccc3c(S(=O)(=O)NC4CCC(C(=O)O)CC4)ccc1c23. The summed E-state index contributed by atoms with van der Waals surface area (Å²) in [5, 5.41) is 10.3. The maximum Gasteiger partial charge on any atom is 0.306 e. The van der Waals surface area contributed by atoms with Gasteiger partial charge in [0.05, 0.1) is 16.5 Å². The Morgan fingerprint density at radius 1 is 1.15 bits per heavy atom. The van der Waals surface area contributed by atoms with Crippen LogP contribution in [0.5, 0.6) is 0 Å². The number of sulfonamides is 1. The molecule has 7 nitrogen and oxygen atoms in total. The fraction of sp³-hybridized carbons (Fsp3) is 0.368. The molecular formula is C19H20N2O5S. The molecule has 1 fully saturated rings. The number of aliphatic carboxylic acids is 1. The van der Waals surface area contributed by atoms with Crippen molar-refractivity contribution in [1.82, 2.24) is 4.72 Å². The summed E-state index contributed by atoms with van der Waals surface area (Å²) in [6, 6.07) is 8.02. The third-order valence-corrected chi connectivity index (χ3v) is 7.14. The molecule has 1 aliphatic carbocycles. The molecule has 1 aliphatic heterocycles. The van der Waals surface area contributed by atoms with Crippen LogP contribution in [0.3, 0.4) is 0 Å². The maximum atomic E-state index is 13.0. The Bertz CT molecular complexity index is 1060. The number of anilines is 1. The third-order valence-electron chi connectivity index (χ3n) is 5.56. The number of carbonyl (C=O) groups excluding carboxylic acids is 1. The molecule has 0 bridgehead atoms. The van der Waals surface area contributed by atoms with E-state index < -0.39 is 21.9 Å². The lowest BCUT2D eigenvalue weighted by molar-refractivity contribution is -0.142. The number of carbonyl (C=O) groups is 2. The zero-order valence-corrected chi connectivity index (χ0v) is 15.6. The molecule has 1 heterocycles. The van der Waals surface area contributed by atoms with Gasteiger partial charge in [-0.15, -0.1) is 0 Å². The molecule has 0 spiro atoms. The summed E-state index contributed by atoms with van der Waals surface area (Å²) >= 11 is 0. The largest absolute Gasteiger partial charge is 0.481 e. The molecule has 8 heteroatoms. The van der Waals surface area contributed by atoms with E-state index in [2.05, 4.69) is 4.72 Å². The second-order valence-corrected chi connectivity index (χ2v) is 8.87. The minimum absolute atomic E-state index is 0.145. The van der Waals surface area contributed by atoms with Gasteiger partial charge in [0, 0.05) is 29.4 Å². The predicted molar refractivity (Wildman–Crippen MR) is 100 cm³/mol. The van der Waals surface area contributed by atoms with Crippen molar-refractivity contribution in [3.8, 4) is 0 Å². The Morgan fingerprint density at radius 3 is 2.52 bits per heavy atom. The lowest BCUT2D eigenvalue weighted by Gasteiger charge is -2.26. The average Bonchev–Trinajstić information content (AvgIpc) is 2.89. The third kappa shape index (κ3) is 2.89. The molecule has 0 unspecified atom stereocenters. The van der Waals surface area contributed by atoms with Gasteiger partial charge in [0.15, 0.2) is 0 Å². The van der Waals surface area contributed by atoms with E-state index in [1.54, 1.807) is 31.3 Å². The number of carboxylic acids is 1. The highest BCUT2D eigenvalue weighted by Crippen LogP contribution is 2.39. The highest BCUT2D eigenvalue weighted by Gasteiger charge is 2.32. The molecule has 4 rings (SSSR count). The molecule has 27 heavy (non-hydrogen) atoms. The van der Waals surface area contributed by atoms with Gasteiger partial charge in [-0.3, -0.25) is 9.59 Å². The highest BCUT2D eigenvalue weighted by molar-refractivity contribution is 7.89. The fourth-order valence-electron chi connectivity index (χ4n) is 4.08. The molecule has 2 aromatic carbocycles. The van der Waals surface area contributed by atoms with Gasteiger partial charge < -0.3 is 10.0 Å². The van der Waals surface area contributed by atoms with Gasteiger partial charge >= 0.3 is 5.97 Å². The quantitative estimate of drug-likeness (QED) is 0.837. The first-order chi connectivity index (χ1) is 12.8. The minimum Gasteiger partial charge on any atom is -0.481 e. The second kappa shape index (κ2) is 6.31. The smallest absolute Gasteiger partial charge is 0.306 e. The van der Waals surface area contributed by atoms with Crippen LogP contribution in [-0.4, -0.2) is 38.5 Å². The van der Waals surface area contributed by atoms with Crippen LogP contribution in [0, 0.1) is 5.92 Å². The van der Waals surface area contributed by atoms with Gasteiger partial charge in [-0.05, 0) is 43.9 Å². The van der Waals surface area contributed by atoms with E-state index in [-0.39, 0.29) is 16.8 Å². The van der Waals surface area contributed by atoms with Crippen molar-refractivity contribution in [3.05, 3.63) is 35.9 Å². The topological polar surface area (TPSA) is 104 Å². The second-order valence-electron chi connectivity index (χ2n) is 7.18. The van der Waals surface area contributed by atoms with Crippen molar-refractivity contribution in [2.24, 2.45) is 5.92 Å². The molecule has 2 N–H and O–H groups in total. The number of hydrogen-bond acceptors (Lipinski definition) is 4. The molecule has 2 aliphatic rings. The minimum atomic E-state index is -3.79. The van der Waals surface area contributed by atoms with E-state index in [1.165, 1.54) is 11.0 Å². The van der Waals surface area contributed by atoms with Gasteiger partial charge in [-0.2, -0.15) is 0 Å². The van der Waals surface area contributed by atoms with Gasteiger partial charge in [-0.1, -0.05) is 12.1 Å².